The number of hydrogen-bond acceptors (Lipinski definition) is 4. The maximum absolute atomic E-state index is 12.7. The van der Waals surface area contributed by atoms with Gasteiger partial charge in [0.05, 0.1) is 12.1 Å². The number of pyridine rings is 1. The second-order valence-corrected chi connectivity index (χ2v) is 4.72. The smallest absolute Gasteiger partial charge is 0.349 e. The van der Waals surface area contributed by atoms with E-state index >= 15 is 0 Å². The van der Waals surface area contributed by atoms with Crippen molar-refractivity contribution in [3.63, 3.8) is 0 Å². The van der Waals surface area contributed by atoms with Crippen molar-refractivity contribution in [3.05, 3.63) is 29.7 Å². The van der Waals surface area contributed by atoms with Gasteiger partial charge in [0.15, 0.2) is 11.5 Å². The molecule has 0 aliphatic heterocycles. The molecule has 130 valence electrons. The average Bonchev–Trinajstić information content (AvgIpc) is 2.76. The summed E-state index contributed by atoms with van der Waals surface area (Å²) in [6, 6.07) is 1.86. The van der Waals surface area contributed by atoms with Crippen LogP contribution in [0, 0.1) is 0 Å². The van der Waals surface area contributed by atoms with Crippen molar-refractivity contribution < 1.29 is 18.0 Å². The minimum Gasteiger partial charge on any atom is -0.349 e. The van der Waals surface area contributed by atoms with E-state index in [1.54, 1.807) is 6.92 Å². The molecule has 1 amide bonds. The van der Waals surface area contributed by atoms with Gasteiger partial charge in [-0.25, -0.2) is 0 Å². The van der Waals surface area contributed by atoms with E-state index < -0.39 is 11.7 Å². The lowest BCUT2D eigenvalue weighted by molar-refractivity contribution is -0.137. The lowest BCUT2D eigenvalue weighted by atomic mass is 10.2. The molecule has 2 heterocycles. The first-order valence-electron chi connectivity index (χ1n) is 6.20. The Hall–Kier alpha value is -1.58. The molecule has 0 radical (unpaired) electrons. The van der Waals surface area contributed by atoms with Gasteiger partial charge in [-0.05, 0) is 19.1 Å². The lowest BCUT2D eigenvalue weighted by Crippen LogP contribution is -2.30. The van der Waals surface area contributed by atoms with Crippen molar-refractivity contribution in [1.82, 2.24) is 19.9 Å². The minimum atomic E-state index is -4.45. The summed E-state index contributed by atoms with van der Waals surface area (Å²) in [6.45, 7) is 1.66. The molecule has 0 saturated heterocycles. The molecule has 2 aromatic rings. The van der Waals surface area contributed by atoms with Crippen molar-refractivity contribution in [2.45, 2.75) is 32.1 Å². The third-order valence-electron chi connectivity index (χ3n) is 2.75. The Morgan fingerprint density at radius 3 is 2.57 bits per heavy atom. The van der Waals surface area contributed by atoms with E-state index in [0.717, 1.165) is 12.3 Å². The normalized spacial score (nSPS) is 12.2. The molecule has 1 unspecified atom stereocenters. The standard InChI is InChI=1S/C12H14F3N5O.2ClH/c1-7(16)4-11(21)17-5-10-19-18-9-3-2-8(6-20(9)10)12(13,14)15;;/h2-3,6-7H,4-5,16H2,1H3,(H,17,21);2*1H. The van der Waals surface area contributed by atoms with Crippen LogP contribution in [0.5, 0.6) is 0 Å². The maximum atomic E-state index is 12.7. The van der Waals surface area contributed by atoms with E-state index in [0.29, 0.717) is 0 Å². The molecule has 0 aromatic carbocycles. The summed E-state index contributed by atoms with van der Waals surface area (Å²) in [5.41, 5.74) is 4.95. The summed E-state index contributed by atoms with van der Waals surface area (Å²) in [5, 5.41) is 10.1. The van der Waals surface area contributed by atoms with Crippen LogP contribution in [0.25, 0.3) is 5.65 Å². The number of nitrogens with one attached hydrogen (secondary N) is 1. The Balaban J connectivity index is 0.00000242. The van der Waals surface area contributed by atoms with Crippen molar-refractivity contribution in [2.75, 3.05) is 0 Å². The molecule has 0 saturated carbocycles. The predicted molar refractivity (Wildman–Crippen MR) is 82.6 cm³/mol. The van der Waals surface area contributed by atoms with Crippen LogP contribution in [0.4, 0.5) is 13.2 Å². The number of nitrogens with two attached hydrogens (primary N) is 1. The summed E-state index contributed by atoms with van der Waals surface area (Å²) >= 11 is 0. The first-order chi connectivity index (χ1) is 9.77. The molecule has 2 rings (SSSR count). The van der Waals surface area contributed by atoms with Crippen LogP contribution >= 0.6 is 24.8 Å². The Morgan fingerprint density at radius 2 is 2.00 bits per heavy atom. The van der Waals surface area contributed by atoms with Crippen LogP contribution in [0.2, 0.25) is 0 Å². The van der Waals surface area contributed by atoms with Crippen molar-refractivity contribution in [1.29, 1.82) is 0 Å². The van der Waals surface area contributed by atoms with E-state index in [9.17, 15) is 18.0 Å². The van der Waals surface area contributed by atoms with Gasteiger partial charge < -0.3 is 11.1 Å². The highest BCUT2D eigenvalue weighted by atomic mass is 35.5. The number of aromatic nitrogens is 3. The van der Waals surface area contributed by atoms with Crippen molar-refractivity contribution in [3.8, 4) is 0 Å². The van der Waals surface area contributed by atoms with E-state index in [-0.39, 0.29) is 61.2 Å². The molecule has 3 N–H and O–H groups in total. The van der Waals surface area contributed by atoms with E-state index in [4.69, 9.17) is 5.73 Å². The van der Waals surface area contributed by atoms with Gasteiger partial charge >= 0.3 is 6.18 Å². The molecule has 0 fully saturated rings. The number of fused-ring (bicyclic) bond motifs is 1. The maximum Gasteiger partial charge on any atom is 0.417 e. The molecule has 1 atom stereocenters. The van der Waals surface area contributed by atoms with Gasteiger partial charge in [0.1, 0.15) is 0 Å². The number of rotatable bonds is 4. The van der Waals surface area contributed by atoms with Crippen LogP contribution in [-0.4, -0.2) is 26.5 Å². The fraction of sp³-hybridized carbons (Fsp3) is 0.417. The van der Waals surface area contributed by atoms with E-state index in [2.05, 4.69) is 15.5 Å². The first kappa shape index (κ1) is 21.4. The third-order valence-corrected chi connectivity index (χ3v) is 2.75. The molecular weight excluding hydrogens is 358 g/mol. The molecule has 0 aliphatic carbocycles. The van der Waals surface area contributed by atoms with Gasteiger partial charge in [-0.3, -0.25) is 9.20 Å². The Labute approximate surface area is 142 Å². The highest BCUT2D eigenvalue weighted by molar-refractivity contribution is 5.85. The zero-order chi connectivity index (χ0) is 15.6. The van der Waals surface area contributed by atoms with E-state index in [1.165, 1.54) is 10.5 Å². The first-order valence-corrected chi connectivity index (χ1v) is 6.20. The molecule has 0 spiro atoms. The average molecular weight is 374 g/mol. The monoisotopic (exact) mass is 373 g/mol. The van der Waals surface area contributed by atoms with Crippen molar-refractivity contribution in [2.24, 2.45) is 5.73 Å². The summed E-state index contributed by atoms with van der Waals surface area (Å²) in [6.07, 6.45) is -3.42. The molecule has 11 heteroatoms. The fourth-order valence-corrected chi connectivity index (χ4v) is 1.77. The number of amides is 1. The zero-order valence-corrected chi connectivity index (χ0v) is 13.6. The topological polar surface area (TPSA) is 85.3 Å². The molecule has 0 aliphatic rings. The van der Waals surface area contributed by atoms with Crippen molar-refractivity contribution >= 4 is 36.4 Å². The number of alkyl halides is 3. The highest BCUT2D eigenvalue weighted by Gasteiger charge is 2.31. The molecule has 23 heavy (non-hydrogen) atoms. The van der Waals surface area contributed by atoms with Gasteiger partial charge in [0, 0.05) is 18.7 Å². The zero-order valence-electron chi connectivity index (χ0n) is 12.0. The number of nitrogens with zero attached hydrogens (tertiary/aromatic N) is 3. The van der Waals surface area contributed by atoms with E-state index in [1.807, 2.05) is 0 Å². The van der Waals surface area contributed by atoms with Gasteiger partial charge in [0.25, 0.3) is 0 Å². The highest BCUT2D eigenvalue weighted by Crippen LogP contribution is 2.29. The second kappa shape index (κ2) is 8.32. The SMILES string of the molecule is CC(N)CC(=O)NCc1nnc2ccc(C(F)(F)F)cn12.Cl.Cl. The summed E-state index contributed by atoms with van der Waals surface area (Å²) in [5.74, 6) is -0.0807. The Bertz CT molecular complexity index is 660. The number of carbonyl (C=O) groups excluding carboxylic acids is 1. The molecule has 6 nitrogen and oxygen atoms in total. The molecule has 0 bridgehead atoms. The number of hydrogen-bond donors (Lipinski definition) is 2. The predicted octanol–water partition coefficient (Wildman–Crippen LogP) is 1.95. The largest absolute Gasteiger partial charge is 0.417 e. The summed E-state index contributed by atoms with van der Waals surface area (Å²) in [4.78, 5) is 11.5. The van der Waals surface area contributed by atoms with Crippen LogP contribution in [-0.2, 0) is 17.5 Å². The van der Waals surface area contributed by atoms with Gasteiger partial charge in [-0.2, -0.15) is 13.2 Å². The molecular formula is C12H16Cl2F3N5O. The quantitative estimate of drug-likeness (QED) is 0.857. The Morgan fingerprint density at radius 1 is 1.35 bits per heavy atom. The summed E-state index contributed by atoms with van der Waals surface area (Å²) < 4.78 is 39.2. The second-order valence-electron chi connectivity index (χ2n) is 4.72. The number of carbonyl (C=O) groups is 1. The Kier molecular flexibility index (Phi) is 7.75. The fourth-order valence-electron chi connectivity index (χ4n) is 1.77. The lowest BCUT2D eigenvalue weighted by Gasteiger charge is -2.08. The van der Waals surface area contributed by atoms with Gasteiger partial charge in [-0.1, -0.05) is 0 Å². The van der Waals surface area contributed by atoms with Crippen LogP contribution in [0.15, 0.2) is 18.3 Å². The number of halogens is 5. The van der Waals surface area contributed by atoms with Crippen LogP contribution in [0.1, 0.15) is 24.7 Å². The summed E-state index contributed by atoms with van der Waals surface area (Å²) in [7, 11) is 0. The van der Waals surface area contributed by atoms with Crippen LogP contribution in [0.3, 0.4) is 0 Å². The van der Waals surface area contributed by atoms with Crippen LogP contribution < -0.4 is 11.1 Å². The van der Waals surface area contributed by atoms with Gasteiger partial charge in [-0.15, -0.1) is 35.0 Å². The minimum absolute atomic E-state index is 0. The van der Waals surface area contributed by atoms with Gasteiger partial charge in [0.2, 0.25) is 5.91 Å². The molecule has 2 aromatic heterocycles. The third kappa shape index (κ3) is 5.52.